The van der Waals surface area contributed by atoms with E-state index in [2.05, 4.69) is 34.1 Å². The normalized spacial score (nSPS) is 13.0. The molecule has 0 fully saturated rings. The number of aromatic nitrogens is 3. The van der Waals surface area contributed by atoms with Gasteiger partial charge in [-0.2, -0.15) is 16.4 Å². The van der Waals surface area contributed by atoms with E-state index in [1.165, 1.54) is 4.50 Å². The average Bonchev–Trinajstić information content (AvgIpc) is 2.74. The topological polar surface area (TPSA) is 30.7 Å². The third-order valence-electron chi connectivity index (χ3n) is 1.96. The van der Waals surface area contributed by atoms with E-state index in [1.54, 1.807) is 12.7 Å². The van der Waals surface area contributed by atoms with Gasteiger partial charge in [0.1, 0.15) is 21.5 Å². The Hall–Kier alpha value is -0.943. The first-order chi connectivity index (χ1) is 6.36. The van der Waals surface area contributed by atoms with Gasteiger partial charge in [-0.05, 0) is 9.88 Å². The van der Waals surface area contributed by atoms with E-state index in [9.17, 15) is 0 Å². The highest BCUT2D eigenvalue weighted by atomic mass is 32.1. The molecule has 0 saturated carbocycles. The van der Waals surface area contributed by atoms with Gasteiger partial charge in [0.15, 0.2) is 0 Å². The average molecular weight is 209 g/mol. The Morgan fingerprint density at radius 1 is 1.62 bits per heavy atom. The van der Waals surface area contributed by atoms with Crippen molar-refractivity contribution in [3.8, 4) is 0 Å². The summed E-state index contributed by atoms with van der Waals surface area (Å²) in [5, 5.41) is 6.25. The maximum absolute atomic E-state index is 4.11. The zero-order chi connectivity index (χ0) is 9.10. The summed E-state index contributed by atoms with van der Waals surface area (Å²) in [5.41, 5.74) is 0. The molecular weight excluding hydrogens is 198 g/mol. The Balaban J connectivity index is 2.04. The lowest BCUT2D eigenvalue weighted by Crippen LogP contribution is -2.29. The fraction of sp³-hybridized carbons (Fsp3) is 0.250. The molecule has 2 heterocycles. The number of thiophene rings is 1. The molecule has 13 heavy (non-hydrogen) atoms. The van der Waals surface area contributed by atoms with E-state index >= 15 is 0 Å². The number of rotatable bonds is 3. The first-order valence-electron chi connectivity index (χ1n) is 4.22. The predicted molar refractivity (Wildman–Crippen MR) is 57.0 cm³/mol. The Bertz CT molecular complexity index is 343. The van der Waals surface area contributed by atoms with Gasteiger partial charge < -0.3 is 0 Å². The van der Waals surface area contributed by atoms with Gasteiger partial charge in [-0.15, -0.1) is 0 Å². The lowest BCUT2D eigenvalue weighted by molar-refractivity contribution is 0.733. The van der Waals surface area contributed by atoms with Crippen molar-refractivity contribution in [2.24, 2.45) is 0 Å². The van der Waals surface area contributed by atoms with Crippen molar-refractivity contribution in [3.05, 3.63) is 30.2 Å². The minimum absolute atomic E-state index is 0.825. The van der Waals surface area contributed by atoms with Crippen molar-refractivity contribution in [3.63, 3.8) is 0 Å². The van der Waals surface area contributed by atoms with Gasteiger partial charge >= 0.3 is 0 Å². The highest BCUT2D eigenvalue weighted by Crippen LogP contribution is 1.98. The molecule has 2 rings (SSSR count). The smallest absolute Gasteiger partial charge is 0.137 e. The zero-order valence-electron chi connectivity index (χ0n) is 7.42. The predicted octanol–water partition coefficient (Wildman–Crippen LogP) is 0.643. The molecule has 68 valence electrons. The van der Waals surface area contributed by atoms with Gasteiger partial charge in [-0.25, -0.2) is 4.98 Å². The molecule has 3 nitrogen and oxygen atoms in total. The maximum Gasteiger partial charge on any atom is 0.137 e. The van der Waals surface area contributed by atoms with Crippen LogP contribution in [0.15, 0.2) is 30.2 Å². The van der Waals surface area contributed by atoms with Crippen LogP contribution < -0.4 is 4.50 Å². The van der Waals surface area contributed by atoms with Crippen LogP contribution >= 0.6 is 11.3 Å². The van der Waals surface area contributed by atoms with Gasteiger partial charge in [0.25, 0.3) is 0 Å². The zero-order valence-corrected chi connectivity index (χ0v) is 9.39. The second-order valence-corrected chi connectivity index (χ2v) is 7.22. The first-order valence-corrected chi connectivity index (χ1v) is 7.65. The molecule has 0 N–H and O–H groups in total. The Kier molecular flexibility index (Phi) is 2.56. The fourth-order valence-corrected chi connectivity index (χ4v) is 4.50. The van der Waals surface area contributed by atoms with Crippen LogP contribution in [0.5, 0.6) is 0 Å². The molecule has 0 aromatic carbocycles. The second kappa shape index (κ2) is 3.84. The largest absolute Gasteiger partial charge is 0.256 e. The lowest BCUT2D eigenvalue weighted by atomic mass is 10.7. The molecular formula is C8H11N3SSi. The Labute approximate surface area is 82.7 Å². The van der Waals surface area contributed by atoms with Crippen molar-refractivity contribution < 1.29 is 0 Å². The summed E-state index contributed by atoms with van der Waals surface area (Å²) < 4.78 is 3.46. The molecule has 0 amide bonds. The Morgan fingerprint density at radius 2 is 2.54 bits per heavy atom. The molecule has 0 spiro atoms. The van der Waals surface area contributed by atoms with Crippen LogP contribution in [-0.2, 0) is 6.17 Å². The molecule has 5 heteroatoms. The molecule has 0 saturated heterocycles. The fourth-order valence-electron chi connectivity index (χ4n) is 1.27. The van der Waals surface area contributed by atoms with Crippen molar-refractivity contribution in [1.82, 2.24) is 14.8 Å². The van der Waals surface area contributed by atoms with Crippen LogP contribution in [0.25, 0.3) is 0 Å². The van der Waals surface area contributed by atoms with E-state index in [0.717, 1.165) is 6.17 Å². The lowest BCUT2D eigenvalue weighted by Gasteiger charge is -2.06. The minimum Gasteiger partial charge on any atom is -0.256 e. The van der Waals surface area contributed by atoms with E-state index in [4.69, 9.17) is 0 Å². The molecule has 0 aliphatic rings. The van der Waals surface area contributed by atoms with Crippen molar-refractivity contribution in [1.29, 1.82) is 0 Å². The number of hydrogen-bond donors (Lipinski definition) is 0. The highest BCUT2D eigenvalue weighted by Gasteiger charge is 2.08. The minimum atomic E-state index is -0.825. The van der Waals surface area contributed by atoms with Gasteiger partial charge in [0, 0.05) is 6.17 Å². The summed E-state index contributed by atoms with van der Waals surface area (Å²) in [6, 6.07) is 4.34. The summed E-state index contributed by atoms with van der Waals surface area (Å²) in [6.07, 6.45) is 4.42. The van der Waals surface area contributed by atoms with E-state index in [1.807, 2.05) is 16.0 Å². The maximum atomic E-state index is 4.11. The summed E-state index contributed by atoms with van der Waals surface area (Å²) in [5.74, 6) is 0. The van der Waals surface area contributed by atoms with Gasteiger partial charge in [-0.1, -0.05) is 18.7 Å². The third-order valence-corrected chi connectivity index (χ3v) is 6.36. The van der Waals surface area contributed by atoms with E-state index < -0.39 is 8.80 Å². The van der Waals surface area contributed by atoms with Crippen LogP contribution in [-0.4, -0.2) is 23.6 Å². The molecule has 0 aliphatic heterocycles. The summed E-state index contributed by atoms with van der Waals surface area (Å²) >= 11 is 1.85. The monoisotopic (exact) mass is 209 g/mol. The van der Waals surface area contributed by atoms with Crippen LogP contribution in [0.2, 0.25) is 6.55 Å². The number of hydrogen-bond acceptors (Lipinski definition) is 3. The number of nitrogens with zero attached hydrogens (tertiary/aromatic N) is 3. The van der Waals surface area contributed by atoms with Crippen LogP contribution in [0.4, 0.5) is 0 Å². The van der Waals surface area contributed by atoms with Crippen LogP contribution in [0, 0.1) is 0 Å². The molecule has 1 unspecified atom stereocenters. The molecule has 0 bridgehead atoms. The van der Waals surface area contributed by atoms with Gasteiger partial charge in [0.2, 0.25) is 0 Å². The standard InChI is InChI=1S/C8H11N3SSi/c1-13(8-3-2-4-12-8)7-11-6-9-5-10-11/h2-6,13H,7H2,1H3. The molecule has 2 aromatic rings. The Morgan fingerprint density at radius 3 is 3.15 bits per heavy atom. The quantitative estimate of drug-likeness (QED) is 0.695. The van der Waals surface area contributed by atoms with E-state index in [0.29, 0.717) is 0 Å². The molecule has 0 radical (unpaired) electrons. The van der Waals surface area contributed by atoms with Crippen molar-refractivity contribution in [2.45, 2.75) is 12.7 Å². The molecule has 1 atom stereocenters. The first kappa shape index (κ1) is 8.65. The summed E-state index contributed by atoms with van der Waals surface area (Å²) in [7, 11) is -0.825. The van der Waals surface area contributed by atoms with Crippen molar-refractivity contribution in [2.75, 3.05) is 0 Å². The summed E-state index contributed by atoms with van der Waals surface area (Å²) in [4.78, 5) is 3.93. The molecule has 2 aromatic heterocycles. The van der Waals surface area contributed by atoms with Gasteiger partial charge in [0.05, 0.1) is 0 Å². The summed E-state index contributed by atoms with van der Waals surface area (Å²) in [6.45, 7) is 2.34. The SMILES string of the molecule is C[SiH](Cn1cncn1)c1cccs1. The third kappa shape index (κ3) is 2.05. The van der Waals surface area contributed by atoms with Gasteiger partial charge in [-0.3, -0.25) is 4.68 Å². The highest BCUT2D eigenvalue weighted by molar-refractivity contribution is 7.21. The van der Waals surface area contributed by atoms with Crippen LogP contribution in [0.1, 0.15) is 0 Å². The second-order valence-electron chi connectivity index (χ2n) is 3.03. The molecule has 0 aliphatic carbocycles. The van der Waals surface area contributed by atoms with Crippen LogP contribution in [0.3, 0.4) is 0 Å². The van der Waals surface area contributed by atoms with E-state index in [-0.39, 0.29) is 0 Å². The van der Waals surface area contributed by atoms with Crippen molar-refractivity contribution >= 4 is 24.6 Å².